The lowest BCUT2D eigenvalue weighted by molar-refractivity contribution is 0.140. The van der Waals surface area contributed by atoms with Crippen LogP contribution < -0.4 is 5.32 Å². The first kappa shape index (κ1) is 15.1. The van der Waals surface area contributed by atoms with E-state index in [0.29, 0.717) is 5.92 Å². The van der Waals surface area contributed by atoms with E-state index < -0.39 is 0 Å². The Labute approximate surface area is 121 Å². The summed E-state index contributed by atoms with van der Waals surface area (Å²) in [5.74, 6) is 0.689. The van der Waals surface area contributed by atoms with E-state index in [1.54, 1.807) is 0 Å². The van der Waals surface area contributed by atoms with E-state index in [-0.39, 0.29) is 0 Å². The molecule has 3 nitrogen and oxygen atoms in total. The number of hydrogen-bond acceptors (Lipinski definition) is 2. The van der Waals surface area contributed by atoms with Crippen molar-refractivity contribution in [3.05, 3.63) is 36.0 Å². The highest BCUT2D eigenvalue weighted by atomic mass is 16.5. The Morgan fingerprint density at radius 1 is 1.25 bits per heavy atom. The summed E-state index contributed by atoms with van der Waals surface area (Å²) in [6.45, 7) is 11.0. The molecule has 2 aromatic rings. The smallest absolute Gasteiger partial charge is 0.0645 e. The van der Waals surface area contributed by atoms with E-state index in [2.05, 4.69) is 54.2 Å². The Balaban J connectivity index is 2.04. The molecule has 1 heterocycles. The van der Waals surface area contributed by atoms with Crippen LogP contribution in [0.5, 0.6) is 0 Å². The molecule has 1 N–H and O–H groups in total. The second-order valence-electron chi connectivity index (χ2n) is 5.62. The third-order valence-electron chi connectivity index (χ3n) is 3.40. The van der Waals surface area contributed by atoms with Crippen LogP contribution in [0.4, 0.5) is 0 Å². The van der Waals surface area contributed by atoms with Crippen LogP contribution in [0.25, 0.3) is 10.9 Å². The van der Waals surface area contributed by atoms with Crippen molar-refractivity contribution in [3.8, 4) is 0 Å². The van der Waals surface area contributed by atoms with Gasteiger partial charge in [-0.15, -0.1) is 0 Å². The number of aromatic nitrogens is 1. The molecule has 0 spiro atoms. The molecule has 20 heavy (non-hydrogen) atoms. The molecule has 0 amide bonds. The number of rotatable bonds is 8. The van der Waals surface area contributed by atoms with Crippen LogP contribution in [0.3, 0.4) is 0 Å². The van der Waals surface area contributed by atoms with Crippen LogP contribution in [0.2, 0.25) is 0 Å². The lowest BCUT2D eigenvalue weighted by Crippen LogP contribution is -2.18. The van der Waals surface area contributed by atoms with Gasteiger partial charge < -0.3 is 14.6 Å². The number of fused-ring (bicyclic) bond motifs is 1. The largest absolute Gasteiger partial charge is 0.380 e. The fourth-order valence-electron chi connectivity index (χ4n) is 2.35. The summed E-state index contributed by atoms with van der Waals surface area (Å²) in [6, 6.07) is 8.88. The van der Waals surface area contributed by atoms with Gasteiger partial charge in [0.05, 0.1) is 6.61 Å². The fraction of sp³-hybridized carbons (Fsp3) is 0.529. The van der Waals surface area contributed by atoms with Gasteiger partial charge in [-0.3, -0.25) is 0 Å². The molecular formula is C17H26N2O. The van der Waals surface area contributed by atoms with Gasteiger partial charge in [0.15, 0.2) is 0 Å². The highest BCUT2D eigenvalue weighted by Crippen LogP contribution is 2.17. The number of ether oxygens (including phenoxy) is 1. The highest BCUT2D eigenvalue weighted by molar-refractivity contribution is 5.80. The molecular weight excluding hydrogens is 248 g/mol. The Morgan fingerprint density at radius 3 is 2.85 bits per heavy atom. The molecule has 0 aliphatic carbocycles. The second kappa shape index (κ2) is 7.46. The molecule has 0 unspecified atom stereocenters. The average Bonchev–Trinajstić information content (AvgIpc) is 2.81. The zero-order valence-corrected chi connectivity index (χ0v) is 12.9. The molecule has 1 aromatic carbocycles. The second-order valence-corrected chi connectivity index (χ2v) is 5.62. The SMILES string of the molecule is CCOCCn1ccc2ccc(CNCC(C)C)cc21. The Hall–Kier alpha value is -1.32. The maximum Gasteiger partial charge on any atom is 0.0645 e. The third kappa shape index (κ3) is 4.09. The van der Waals surface area contributed by atoms with Crippen LogP contribution >= 0.6 is 0 Å². The van der Waals surface area contributed by atoms with Crippen molar-refractivity contribution >= 4 is 10.9 Å². The molecule has 0 radical (unpaired) electrons. The summed E-state index contributed by atoms with van der Waals surface area (Å²) in [5, 5.41) is 4.80. The van der Waals surface area contributed by atoms with Crippen LogP contribution in [0.1, 0.15) is 26.3 Å². The average molecular weight is 274 g/mol. The van der Waals surface area contributed by atoms with Gasteiger partial charge in [0.25, 0.3) is 0 Å². The number of benzene rings is 1. The minimum atomic E-state index is 0.689. The summed E-state index contributed by atoms with van der Waals surface area (Å²) in [5.41, 5.74) is 2.64. The minimum Gasteiger partial charge on any atom is -0.380 e. The van der Waals surface area contributed by atoms with Gasteiger partial charge in [0.2, 0.25) is 0 Å². The van der Waals surface area contributed by atoms with Crippen LogP contribution in [-0.4, -0.2) is 24.3 Å². The van der Waals surface area contributed by atoms with Crippen LogP contribution in [-0.2, 0) is 17.8 Å². The summed E-state index contributed by atoms with van der Waals surface area (Å²) in [4.78, 5) is 0. The van der Waals surface area contributed by atoms with Gasteiger partial charge in [0, 0.05) is 31.4 Å². The van der Waals surface area contributed by atoms with Crippen molar-refractivity contribution in [2.24, 2.45) is 5.92 Å². The molecule has 0 atom stereocenters. The summed E-state index contributed by atoms with van der Waals surface area (Å²) < 4.78 is 7.72. The van der Waals surface area contributed by atoms with E-state index in [4.69, 9.17) is 4.74 Å². The first-order valence-electron chi connectivity index (χ1n) is 7.57. The molecule has 2 rings (SSSR count). The molecule has 0 aliphatic heterocycles. The standard InChI is InChI=1S/C17H26N2O/c1-4-20-10-9-19-8-7-16-6-5-15(11-17(16)19)13-18-12-14(2)3/h5-8,11,14,18H,4,9-10,12-13H2,1-3H3. The summed E-state index contributed by atoms with van der Waals surface area (Å²) in [7, 11) is 0. The quantitative estimate of drug-likeness (QED) is 0.746. The van der Waals surface area contributed by atoms with Gasteiger partial charge in [-0.25, -0.2) is 0 Å². The zero-order chi connectivity index (χ0) is 14.4. The van der Waals surface area contributed by atoms with E-state index in [1.807, 2.05) is 6.92 Å². The van der Waals surface area contributed by atoms with E-state index >= 15 is 0 Å². The lowest BCUT2D eigenvalue weighted by atomic mass is 10.1. The number of hydrogen-bond donors (Lipinski definition) is 1. The topological polar surface area (TPSA) is 26.2 Å². The number of nitrogens with zero attached hydrogens (tertiary/aromatic N) is 1. The van der Waals surface area contributed by atoms with Crippen molar-refractivity contribution in [2.75, 3.05) is 19.8 Å². The lowest BCUT2D eigenvalue weighted by Gasteiger charge is -2.09. The van der Waals surface area contributed by atoms with Gasteiger partial charge in [-0.1, -0.05) is 26.0 Å². The van der Waals surface area contributed by atoms with Crippen molar-refractivity contribution < 1.29 is 4.74 Å². The Morgan fingerprint density at radius 2 is 2.10 bits per heavy atom. The Kier molecular flexibility index (Phi) is 5.62. The van der Waals surface area contributed by atoms with Crippen molar-refractivity contribution in [1.82, 2.24) is 9.88 Å². The molecule has 0 saturated heterocycles. The van der Waals surface area contributed by atoms with Crippen LogP contribution in [0, 0.1) is 5.92 Å². The monoisotopic (exact) mass is 274 g/mol. The highest BCUT2D eigenvalue weighted by Gasteiger charge is 2.03. The molecule has 0 bridgehead atoms. The fourth-order valence-corrected chi connectivity index (χ4v) is 2.35. The van der Waals surface area contributed by atoms with Crippen molar-refractivity contribution in [3.63, 3.8) is 0 Å². The Bertz CT molecular complexity index is 531. The molecule has 0 saturated carbocycles. The molecule has 1 aromatic heterocycles. The first-order chi connectivity index (χ1) is 9.70. The van der Waals surface area contributed by atoms with Gasteiger partial charge in [-0.2, -0.15) is 0 Å². The predicted octanol–water partition coefficient (Wildman–Crippen LogP) is 3.42. The predicted molar refractivity (Wildman–Crippen MR) is 85.0 cm³/mol. The summed E-state index contributed by atoms with van der Waals surface area (Å²) >= 11 is 0. The minimum absolute atomic E-state index is 0.689. The molecule has 110 valence electrons. The van der Waals surface area contributed by atoms with Crippen molar-refractivity contribution in [2.45, 2.75) is 33.9 Å². The molecule has 0 aliphatic rings. The molecule has 0 fully saturated rings. The third-order valence-corrected chi connectivity index (χ3v) is 3.40. The van der Waals surface area contributed by atoms with Crippen molar-refractivity contribution in [1.29, 1.82) is 0 Å². The van der Waals surface area contributed by atoms with Crippen LogP contribution in [0.15, 0.2) is 30.5 Å². The zero-order valence-electron chi connectivity index (χ0n) is 12.9. The first-order valence-corrected chi connectivity index (χ1v) is 7.57. The van der Waals surface area contributed by atoms with E-state index in [0.717, 1.165) is 32.8 Å². The summed E-state index contributed by atoms with van der Waals surface area (Å²) in [6.07, 6.45) is 2.15. The van der Waals surface area contributed by atoms with E-state index in [1.165, 1.54) is 16.5 Å². The van der Waals surface area contributed by atoms with E-state index in [9.17, 15) is 0 Å². The normalized spacial score (nSPS) is 11.6. The van der Waals surface area contributed by atoms with Gasteiger partial charge in [-0.05, 0) is 42.5 Å². The maximum absolute atomic E-state index is 5.44. The van der Waals surface area contributed by atoms with Gasteiger partial charge in [0.1, 0.15) is 0 Å². The number of nitrogens with one attached hydrogen (secondary N) is 1. The van der Waals surface area contributed by atoms with Gasteiger partial charge >= 0.3 is 0 Å². The molecule has 3 heteroatoms. The maximum atomic E-state index is 5.44.